The molecular formula is C29H28N8. The predicted molar refractivity (Wildman–Crippen MR) is 149 cm³/mol. The van der Waals surface area contributed by atoms with Gasteiger partial charge in [-0.3, -0.25) is 20.1 Å². The molecule has 5 aromatic rings. The first-order chi connectivity index (χ1) is 18.1. The number of imidazole rings is 1. The minimum absolute atomic E-state index is 0.659. The van der Waals surface area contributed by atoms with Crippen LogP contribution in [0.1, 0.15) is 36.8 Å². The van der Waals surface area contributed by atoms with E-state index in [1.807, 2.05) is 43.3 Å². The number of nitrogens with one attached hydrogen (secondary N) is 3. The Labute approximate surface area is 215 Å². The molecular weight excluding hydrogens is 460 g/mol. The number of hydrogen-bond donors (Lipinski definition) is 3. The molecule has 0 amide bonds. The Kier molecular flexibility index (Phi) is 6.72. The van der Waals surface area contributed by atoms with Gasteiger partial charge in [0.1, 0.15) is 5.69 Å². The first-order valence-electron chi connectivity index (χ1n) is 12.1. The second-order valence-electron chi connectivity index (χ2n) is 8.72. The highest BCUT2D eigenvalue weighted by molar-refractivity contribution is 5.93. The van der Waals surface area contributed by atoms with Gasteiger partial charge in [0, 0.05) is 40.3 Å². The molecule has 0 aliphatic carbocycles. The first-order valence-corrected chi connectivity index (χ1v) is 12.1. The van der Waals surface area contributed by atoms with E-state index in [0.717, 1.165) is 69.0 Å². The van der Waals surface area contributed by atoms with Crippen LogP contribution in [0.25, 0.3) is 39.3 Å². The van der Waals surface area contributed by atoms with Crippen molar-refractivity contribution in [1.82, 2.24) is 35.1 Å². The molecule has 5 rings (SSSR count). The maximum absolute atomic E-state index is 4.92. The fraction of sp³-hybridized carbons (Fsp3) is 0.138. The van der Waals surface area contributed by atoms with Crippen molar-refractivity contribution < 1.29 is 0 Å². The number of hydrogen-bond acceptors (Lipinski definition) is 6. The average molecular weight is 489 g/mol. The minimum Gasteiger partial charge on any atom is -0.358 e. The van der Waals surface area contributed by atoms with Gasteiger partial charge in [-0.1, -0.05) is 44.7 Å². The van der Waals surface area contributed by atoms with Crippen molar-refractivity contribution in [3.8, 4) is 22.8 Å². The van der Waals surface area contributed by atoms with Gasteiger partial charge in [-0.2, -0.15) is 5.10 Å². The van der Waals surface area contributed by atoms with Gasteiger partial charge in [-0.25, -0.2) is 4.98 Å². The van der Waals surface area contributed by atoms with E-state index in [4.69, 9.17) is 4.98 Å². The Balaban J connectivity index is 1.52. The standard InChI is InChI=1S/C29H28N8/c1-5-9-18(3)33-21-13-20(15-30-16-21)25-14-23-26(17-32-25)36-37-28(23)29-34-19(4)27(35-29)22(10-6-2)24-11-7-8-12-31-24/h6-8,10-17,33H,2-3,5,9H2,1,4H3,(H,34,35)(H,36,37)/b22-10-. The van der Waals surface area contributed by atoms with Gasteiger partial charge in [0.15, 0.2) is 5.82 Å². The molecule has 8 nitrogen and oxygen atoms in total. The van der Waals surface area contributed by atoms with Crippen LogP contribution < -0.4 is 5.32 Å². The van der Waals surface area contributed by atoms with E-state index in [2.05, 4.69) is 55.5 Å². The molecule has 0 radical (unpaired) electrons. The van der Waals surface area contributed by atoms with E-state index < -0.39 is 0 Å². The van der Waals surface area contributed by atoms with Gasteiger partial charge < -0.3 is 10.3 Å². The number of anilines is 1. The second-order valence-corrected chi connectivity index (χ2v) is 8.72. The number of pyridine rings is 3. The van der Waals surface area contributed by atoms with Crippen LogP contribution in [0.2, 0.25) is 0 Å². The molecule has 0 bridgehead atoms. The van der Waals surface area contributed by atoms with Crippen LogP contribution in [0.4, 0.5) is 5.69 Å². The normalized spacial score (nSPS) is 11.6. The lowest BCUT2D eigenvalue weighted by Crippen LogP contribution is -1.98. The molecule has 0 atom stereocenters. The van der Waals surface area contributed by atoms with Gasteiger partial charge in [-0.05, 0) is 37.6 Å². The summed E-state index contributed by atoms with van der Waals surface area (Å²) in [5, 5.41) is 11.9. The van der Waals surface area contributed by atoms with Crippen molar-refractivity contribution in [3.05, 3.63) is 103 Å². The SMILES string of the molecule is C=C/C=C(/c1ccccn1)c1nc(-c2n[nH]c3cnc(-c4cncc(NC(=C)CCC)c4)cc23)[nH]c1C. The number of H-pyrrole nitrogens is 2. The zero-order chi connectivity index (χ0) is 25.8. The lowest BCUT2D eigenvalue weighted by Gasteiger charge is -2.09. The summed E-state index contributed by atoms with van der Waals surface area (Å²) >= 11 is 0. The van der Waals surface area contributed by atoms with Crippen molar-refractivity contribution in [1.29, 1.82) is 0 Å². The first kappa shape index (κ1) is 23.9. The smallest absolute Gasteiger partial charge is 0.159 e. The van der Waals surface area contributed by atoms with Gasteiger partial charge in [-0.15, -0.1) is 0 Å². The summed E-state index contributed by atoms with van der Waals surface area (Å²) in [7, 11) is 0. The van der Waals surface area contributed by atoms with Gasteiger partial charge >= 0.3 is 0 Å². The van der Waals surface area contributed by atoms with Crippen LogP contribution in [0, 0.1) is 6.92 Å². The molecule has 3 N–H and O–H groups in total. The second kappa shape index (κ2) is 10.4. The summed E-state index contributed by atoms with van der Waals surface area (Å²) in [5.41, 5.74) is 8.48. The van der Waals surface area contributed by atoms with E-state index in [0.29, 0.717) is 11.5 Å². The summed E-state index contributed by atoms with van der Waals surface area (Å²) in [6.07, 6.45) is 12.7. The highest BCUT2D eigenvalue weighted by Crippen LogP contribution is 2.31. The van der Waals surface area contributed by atoms with Crippen LogP contribution in [-0.2, 0) is 0 Å². The lowest BCUT2D eigenvalue weighted by atomic mass is 10.1. The molecule has 184 valence electrons. The van der Waals surface area contributed by atoms with Gasteiger partial charge in [0.25, 0.3) is 0 Å². The molecule has 0 aliphatic heterocycles. The Morgan fingerprint density at radius 3 is 2.81 bits per heavy atom. The molecule has 0 aromatic carbocycles. The number of rotatable bonds is 9. The third-order valence-corrected chi connectivity index (χ3v) is 5.94. The summed E-state index contributed by atoms with van der Waals surface area (Å²) in [6.45, 7) is 12.1. The van der Waals surface area contributed by atoms with Crippen molar-refractivity contribution in [3.63, 3.8) is 0 Å². The summed E-state index contributed by atoms with van der Waals surface area (Å²) in [4.78, 5) is 21.9. The maximum atomic E-state index is 4.92. The average Bonchev–Trinajstić information content (AvgIpc) is 3.51. The largest absolute Gasteiger partial charge is 0.358 e. The number of aromatic nitrogens is 7. The fourth-order valence-corrected chi connectivity index (χ4v) is 4.23. The Bertz CT molecular complexity index is 1610. The third kappa shape index (κ3) is 4.95. The third-order valence-electron chi connectivity index (χ3n) is 5.94. The van der Waals surface area contributed by atoms with Crippen LogP contribution in [0.3, 0.4) is 0 Å². The molecule has 5 aromatic heterocycles. The van der Waals surface area contributed by atoms with Crippen molar-refractivity contribution in [2.75, 3.05) is 5.32 Å². The summed E-state index contributed by atoms with van der Waals surface area (Å²) in [5.74, 6) is 0.659. The zero-order valence-corrected chi connectivity index (χ0v) is 20.9. The topological polar surface area (TPSA) is 108 Å². The molecule has 0 saturated carbocycles. The molecule has 0 spiro atoms. The maximum Gasteiger partial charge on any atom is 0.159 e. The number of aromatic amines is 2. The predicted octanol–water partition coefficient (Wildman–Crippen LogP) is 6.46. The van der Waals surface area contributed by atoms with Crippen molar-refractivity contribution in [2.24, 2.45) is 0 Å². The van der Waals surface area contributed by atoms with Crippen molar-refractivity contribution >= 4 is 22.2 Å². The fourth-order valence-electron chi connectivity index (χ4n) is 4.23. The zero-order valence-electron chi connectivity index (χ0n) is 20.9. The van der Waals surface area contributed by atoms with Gasteiger partial charge in [0.2, 0.25) is 0 Å². The minimum atomic E-state index is 0.659. The quantitative estimate of drug-likeness (QED) is 0.206. The molecule has 0 saturated heterocycles. The van der Waals surface area contributed by atoms with Crippen LogP contribution >= 0.6 is 0 Å². The molecule has 8 heteroatoms. The number of allylic oxidation sites excluding steroid dienone is 3. The molecule has 5 heterocycles. The van der Waals surface area contributed by atoms with Crippen LogP contribution in [0.15, 0.2) is 86.1 Å². The molecule has 37 heavy (non-hydrogen) atoms. The molecule has 0 fully saturated rings. The van der Waals surface area contributed by atoms with E-state index in [1.54, 1.807) is 30.9 Å². The summed E-state index contributed by atoms with van der Waals surface area (Å²) in [6, 6.07) is 9.83. The number of fused-ring (bicyclic) bond motifs is 1. The highest BCUT2D eigenvalue weighted by atomic mass is 15.1. The van der Waals surface area contributed by atoms with E-state index >= 15 is 0 Å². The lowest BCUT2D eigenvalue weighted by molar-refractivity contribution is 0.913. The molecule has 0 unspecified atom stereocenters. The van der Waals surface area contributed by atoms with Gasteiger partial charge in [0.05, 0.1) is 40.7 Å². The van der Waals surface area contributed by atoms with Crippen molar-refractivity contribution in [2.45, 2.75) is 26.7 Å². The van der Waals surface area contributed by atoms with Crippen LogP contribution in [-0.4, -0.2) is 35.1 Å². The van der Waals surface area contributed by atoms with E-state index in [9.17, 15) is 0 Å². The number of nitrogens with zero attached hydrogens (tertiary/aromatic N) is 5. The van der Waals surface area contributed by atoms with Crippen LogP contribution in [0.5, 0.6) is 0 Å². The Morgan fingerprint density at radius 2 is 2.03 bits per heavy atom. The highest BCUT2D eigenvalue weighted by Gasteiger charge is 2.19. The summed E-state index contributed by atoms with van der Waals surface area (Å²) < 4.78 is 0. The monoisotopic (exact) mass is 488 g/mol. The van der Waals surface area contributed by atoms with E-state index in [-0.39, 0.29) is 0 Å². The molecule has 0 aliphatic rings. The Morgan fingerprint density at radius 1 is 1.14 bits per heavy atom. The number of aryl methyl sites for hydroxylation is 1. The van der Waals surface area contributed by atoms with E-state index in [1.165, 1.54) is 0 Å². The Hall–Kier alpha value is -4.85.